The van der Waals surface area contributed by atoms with Gasteiger partial charge in [0, 0.05) is 20.2 Å². The molecule has 3 aliphatic carbocycles. The average molecular weight is 514 g/mol. The normalized spacial score (nSPS) is 34.4. The van der Waals surface area contributed by atoms with E-state index in [1.165, 1.54) is 0 Å². The van der Waals surface area contributed by atoms with E-state index in [2.05, 4.69) is 10.0 Å². The zero-order chi connectivity index (χ0) is 25.2. The number of rotatable bonds is 7. The first-order valence-electron chi connectivity index (χ1n) is 13.0. The van der Waals surface area contributed by atoms with Gasteiger partial charge in [0.05, 0.1) is 23.2 Å². The Morgan fingerprint density at radius 3 is 2.54 bits per heavy atom. The standard InChI is InChI=1S/C24H39N3O7S/c1-3-33-15-34-17-12-19-20(13-17)22(29)27(2)11-7-5-4-6-8-16-14-24(16,25-21(19)28)23(30)26-35(31,32)18-9-10-18/h16-20H,3-15H2,1-2H3,(H,25,28)(H,26,30)/t16-,17-,19-,20-,24-/m1/s1. The highest BCUT2D eigenvalue weighted by atomic mass is 32.2. The summed E-state index contributed by atoms with van der Waals surface area (Å²) >= 11 is 0. The maximum absolute atomic E-state index is 13.6. The first-order valence-corrected chi connectivity index (χ1v) is 14.5. The maximum atomic E-state index is 13.6. The Morgan fingerprint density at radius 1 is 1.11 bits per heavy atom. The molecule has 3 saturated carbocycles. The molecule has 1 aliphatic heterocycles. The second-order valence-electron chi connectivity index (χ2n) is 10.6. The lowest BCUT2D eigenvalue weighted by atomic mass is 9.92. The smallest absolute Gasteiger partial charge is 0.259 e. The van der Waals surface area contributed by atoms with Crippen molar-refractivity contribution in [3.05, 3.63) is 0 Å². The molecule has 10 nitrogen and oxygen atoms in total. The lowest BCUT2D eigenvalue weighted by Crippen LogP contribution is -2.54. The van der Waals surface area contributed by atoms with Crippen LogP contribution in [0, 0.1) is 17.8 Å². The summed E-state index contributed by atoms with van der Waals surface area (Å²) in [6.45, 7) is 3.11. The van der Waals surface area contributed by atoms with Crippen LogP contribution in [0.1, 0.15) is 71.1 Å². The van der Waals surface area contributed by atoms with Gasteiger partial charge < -0.3 is 19.7 Å². The van der Waals surface area contributed by atoms with Gasteiger partial charge in [-0.15, -0.1) is 0 Å². The van der Waals surface area contributed by atoms with Gasteiger partial charge >= 0.3 is 0 Å². The highest BCUT2D eigenvalue weighted by molar-refractivity contribution is 7.91. The predicted molar refractivity (Wildman–Crippen MR) is 127 cm³/mol. The number of carbonyl (C=O) groups is 3. The molecule has 0 unspecified atom stereocenters. The molecule has 0 aromatic carbocycles. The van der Waals surface area contributed by atoms with Crippen LogP contribution in [0.3, 0.4) is 0 Å². The van der Waals surface area contributed by atoms with E-state index in [1.54, 1.807) is 11.9 Å². The molecule has 0 radical (unpaired) electrons. The summed E-state index contributed by atoms with van der Waals surface area (Å²) in [4.78, 5) is 41.8. The number of amides is 3. The lowest BCUT2D eigenvalue weighted by molar-refractivity contribution is -0.140. The predicted octanol–water partition coefficient (Wildman–Crippen LogP) is 1.30. The largest absolute Gasteiger partial charge is 0.356 e. The van der Waals surface area contributed by atoms with Crippen molar-refractivity contribution in [1.29, 1.82) is 0 Å². The molecule has 0 spiro atoms. The molecule has 2 N–H and O–H groups in total. The van der Waals surface area contributed by atoms with Crippen LogP contribution < -0.4 is 10.0 Å². The Bertz CT molecular complexity index is 922. The van der Waals surface area contributed by atoms with Gasteiger partial charge in [0.25, 0.3) is 5.91 Å². The SMILES string of the molecule is CCOCO[C@@H]1C[C@H]2C(=O)N[C@]3(C(=O)NS(=O)(=O)C4CC4)C[C@H]3CCCCCCN(C)C(=O)[C@@H]2C1. The van der Waals surface area contributed by atoms with Crippen LogP contribution in [0.5, 0.6) is 0 Å². The third-order valence-corrected chi connectivity index (χ3v) is 9.81. The van der Waals surface area contributed by atoms with E-state index in [0.717, 1.165) is 32.1 Å². The summed E-state index contributed by atoms with van der Waals surface area (Å²) in [5, 5.41) is 2.40. The molecular weight excluding hydrogens is 474 g/mol. The van der Waals surface area contributed by atoms with Crippen LogP contribution in [0.15, 0.2) is 0 Å². The van der Waals surface area contributed by atoms with Crippen molar-refractivity contribution >= 4 is 27.7 Å². The minimum absolute atomic E-state index is 0.0909. The molecule has 4 aliphatic rings. The van der Waals surface area contributed by atoms with E-state index in [4.69, 9.17) is 9.47 Å². The van der Waals surface area contributed by atoms with Crippen molar-refractivity contribution in [2.24, 2.45) is 17.8 Å². The first-order chi connectivity index (χ1) is 16.7. The fraction of sp³-hybridized carbons (Fsp3) is 0.875. The van der Waals surface area contributed by atoms with Crippen molar-refractivity contribution in [2.45, 2.75) is 88.0 Å². The van der Waals surface area contributed by atoms with E-state index in [1.807, 2.05) is 6.92 Å². The zero-order valence-electron chi connectivity index (χ0n) is 20.8. The van der Waals surface area contributed by atoms with Crippen LogP contribution in [0.4, 0.5) is 0 Å². The van der Waals surface area contributed by atoms with Gasteiger partial charge in [-0.25, -0.2) is 8.42 Å². The maximum Gasteiger partial charge on any atom is 0.259 e. The van der Waals surface area contributed by atoms with E-state index in [9.17, 15) is 22.8 Å². The molecule has 1 saturated heterocycles. The highest BCUT2D eigenvalue weighted by Gasteiger charge is 2.62. The first kappa shape index (κ1) is 26.3. The zero-order valence-corrected chi connectivity index (χ0v) is 21.6. The number of nitrogens with one attached hydrogen (secondary N) is 2. The number of hydrogen-bond acceptors (Lipinski definition) is 7. The second-order valence-corrected chi connectivity index (χ2v) is 12.5. The van der Waals surface area contributed by atoms with Gasteiger partial charge in [0.1, 0.15) is 12.3 Å². The Morgan fingerprint density at radius 2 is 1.83 bits per heavy atom. The Hall–Kier alpha value is -1.72. The van der Waals surface area contributed by atoms with E-state index in [-0.39, 0.29) is 30.6 Å². The van der Waals surface area contributed by atoms with Crippen LogP contribution >= 0.6 is 0 Å². The van der Waals surface area contributed by atoms with Gasteiger partial charge in [-0.2, -0.15) is 0 Å². The fourth-order valence-corrected chi connectivity index (χ4v) is 6.93. The van der Waals surface area contributed by atoms with Crippen molar-refractivity contribution in [1.82, 2.24) is 14.9 Å². The van der Waals surface area contributed by atoms with Gasteiger partial charge in [-0.05, 0) is 57.8 Å². The summed E-state index contributed by atoms with van der Waals surface area (Å²) < 4.78 is 38.2. The number of fused-ring (bicyclic) bond motifs is 2. The molecule has 3 amide bonds. The summed E-state index contributed by atoms with van der Waals surface area (Å²) in [6.07, 6.45) is 6.43. The Balaban J connectivity index is 1.53. The minimum atomic E-state index is -3.73. The number of carbonyl (C=O) groups excluding carboxylic acids is 3. The third kappa shape index (κ3) is 5.99. The fourth-order valence-electron chi connectivity index (χ4n) is 5.56. The van der Waals surface area contributed by atoms with Crippen molar-refractivity contribution in [2.75, 3.05) is 27.0 Å². The molecule has 0 aromatic rings. The Kier molecular flexibility index (Phi) is 8.07. The summed E-state index contributed by atoms with van der Waals surface area (Å²) in [6, 6.07) is 0. The molecule has 0 aromatic heterocycles. The van der Waals surface area contributed by atoms with Crippen LogP contribution in [0.2, 0.25) is 0 Å². The van der Waals surface area contributed by atoms with Gasteiger partial charge in [-0.1, -0.05) is 19.3 Å². The molecule has 35 heavy (non-hydrogen) atoms. The number of nitrogens with zero attached hydrogens (tertiary/aromatic N) is 1. The van der Waals surface area contributed by atoms with Gasteiger partial charge in [-0.3, -0.25) is 19.1 Å². The van der Waals surface area contributed by atoms with Gasteiger partial charge in [0.15, 0.2) is 0 Å². The summed E-state index contributed by atoms with van der Waals surface area (Å²) in [5.41, 5.74) is -1.23. The molecule has 4 rings (SSSR count). The quantitative estimate of drug-likeness (QED) is 0.387. The van der Waals surface area contributed by atoms with Crippen LogP contribution in [-0.4, -0.2) is 74.9 Å². The van der Waals surface area contributed by atoms with Crippen LogP contribution in [0.25, 0.3) is 0 Å². The molecule has 1 heterocycles. The molecule has 198 valence electrons. The van der Waals surface area contributed by atoms with Gasteiger partial charge in [0.2, 0.25) is 21.8 Å². The number of ether oxygens (including phenoxy) is 2. The van der Waals surface area contributed by atoms with Crippen molar-refractivity contribution in [3.63, 3.8) is 0 Å². The minimum Gasteiger partial charge on any atom is -0.356 e. The summed E-state index contributed by atoms with van der Waals surface area (Å²) in [7, 11) is -1.96. The molecule has 11 heteroatoms. The van der Waals surface area contributed by atoms with Crippen LogP contribution in [-0.2, 0) is 33.9 Å². The second kappa shape index (κ2) is 10.7. The van der Waals surface area contributed by atoms with E-state index >= 15 is 0 Å². The topological polar surface area (TPSA) is 131 Å². The molecule has 4 fully saturated rings. The highest BCUT2D eigenvalue weighted by Crippen LogP contribution is 2.48. The lowest BCUT2D eigenvalue weighted by Gasteiger charge is -2.27. The number of sulfonamides is 1. The third-order valence-electron chi connectivity index (χ3n) is 7.99. The average Bonchev–Trinajstić information content (AvgIpc) is 3.73. The molecule has 0 bridgehead atoms. The molecule has 5 atom stereocenters. The molecular formula is C24H39N3O7S. The Labute approximate surface area is 207 Å². The van der Waals surface area contributed by atoms with Crippen molar-refractivity contribution < 1.29 is 32.3 Å². The number of hydrogen-bond donors (Lipinski definition) is 2. The van der Waals surface area contributed by atoms with Crippen molar-refractivity contribution in [3.8, 4) is 0 Å². The monoisotopic (exact) mass is 513 g/mol. The summed E-state index contributed by atoms with van der Waals surface area (Å²) in [5.74, 6) is -2.42. The van der Waals surface area contributed by atoms with E-state index in [0.29, 0.717) is 45.3 Å². The van der Waals surface area contributed by atoms with E-state index < -0.39 is 38.6 Å².